The van der Waals surface area contributed by atoms with Crippen LogP contribution in [-0.2, 0) is 9.53 Å². The number of likely N-dealkylation sites (N-methyl/N-ethyl adjacent to an activating group) is 1. The minimum atomic E-state index is -0.355. The van der Waals surface area contributed by atoms with Gasteiger partial charge in [0.15, 0.2) is 5.17 Å². The number of carbonyl (C=O) groups is 2. The van der Waals surface area contributed by atoms with Crippen molar-refractivity contribution < 1.29 is 14.3 Å². The predicted octanol–water partition coefficient (Wildman–Crippen LogP) is 3.72. The molecule has 7 heteroatoms. The topological polar surface area (TPSA) is 63.9 Å². The van der Waals surface area contributed by atoms with Crippen molar-refractivity contribution in [3.8, 4) is 5.69 Å². The molecule has 1 amide bonds. The number of methoxy groups -OCH3 is 1. The fraction of sp³-hybridized carbons (Fsp3) is 0.286. The van der Waals surface area contributed by atoms with Crippen LogP contribution in [0.4, 0.5) is 0 Å². The number of rotatable bonds is 3. The van der Waals surface area contributed by atoms with Crippen molar-refractivity contribution >= 4 is 34.9 Å². The van der Waals surface area contributed by atoms with Gasteiger partial charge >= 0.3 is 5.97 Å². The molecule has 0 unspecified atom stereocenters. The van der Waals surface area contributed by atoms with Gasteiger partial charge in [-0.2, -0.15) is 0 Å². The van der Waals surface area contributed by atoms with E-state index in [2.05, 4.69) is 9.56 Å². The van der Waals surface area contributed by atoms with Crippen molar-refractivity contribution in [2.24, 2.45) is 4.99 Å². The summed E-state index contributed by atoms with van der Waals surface area (Å²) < 4.78 is 6.99. The minimum Gasteiger partial charge on any atom is -0.465 e. The molecule has 1 aromatic heterocycles. The van der Waals surface area contributed by atoms with Crippen LogP contribution < -0.4 is 0 Å². The first-order chi connectivity index (χ1) is 13.3. The molecule has 0 bridgehead atoms. The lowest BCUT2D eigenvalue weighted by Gasteiger charge is -2.15. The molecular formula is C21H23N3O3S. The normalized spacial score (nSPS) is 17.1. The van der Waals surface area contributed by atoms with E-state index in [4.69, 9.17) is 4.74 Å². The summed E-state index contributed by atoms with van der Waals surface area (Å²) >= 11 is 1.37. The number of nitrogens with zero attached hydrogens (tertiary/aromatic N) is 3. The number of hydrogen-bond acceptors (Lipinski definition) is 5. The van der Waals surface area contributed by atoms with E-state index in [1.54, 1.807) is 25.1 Å². The van der Waals surface area contributed by atoms with Crippen molar-refractivity contribution in [1.82, 2.24) is 9.47 Å². The largest absolute Gasteiger partial charge is 0.465 e. The zero-order chi connectivity index (χ0) is 20.6. The van der Waals surface area contributed by atoms with E-state index in [9.17, 15) is 9.59 Å². The molecule has 3 rings (SSSR count). The van der Waals surface area contributed by atoms with Crippen LogP contribution in [0.5, 0.6) is 0 Å². The highest BCUT2D eigenvalue weighted by molar-refractivity contribution is 8.18. The summed E-state index contributed by atoms with van der Waals surface area (Å²) in [5.74, 6) is -0.411. The number of carbonyl (C=O) groups excluding carboxylic acids is 2. The average molecular weight is 398 g/mol. The Morgan fingerprint density at radius 3 is 2.57 bits per heavy atom. The summed E-state index contributed by atoms with van der Waals surface area (Å²) in [7, 11) is 4.79. The maximum atomic E-state index is 12.5. The van der Waals surface area contributed by atoms with Gasteiger partial charge in [0.25, 0.3) is 5.91 Å². The Hall–Kier alpha value is -2.80. The number of esters is 1. The number of amides is 1. The second-order valence-electron chi connectivity index (χ2n) is 6.58. The van der Waals surface area contributed by atoms with Crippen molar-refractivity contribution in [2.75, 3.05) is 21.2 Å². The monoisotopic (exact) mass is 397 g/mol. The van der Waals surface area contributed by atoms with E-state index in [1.807, 2.05) is 45.0 Å². The van der Waals surface area contributed by atoms with Crippen LogP contribution in [0.25, 0.3) is 11.8 Å². The molecule has 1 aliphatic heterocycles. The third-order valence-corrected chi connectivity index (χ3v) is 6.05. The molecule has 2 heterocycles. The number of aryl methyl sites for hydroxylation is 1. The van der Waals surface area contributed by atoms with E-state index in [-0.39, 0.29) is 11.9 Å². The molecule has 0 N–H and O–H groups in total. The van der Waals surface area contributed by atoms with E-state index >= 15 is 0 Å². The maximum Gasteiger partial charge on any atom is 0.338 e. The molecular weight excluding hydrogens is 374 g/mol. The molecule has 0 aliphatic carbocycles. The highest BCUT2D eigenvalue weighted by Gasteiger charge is 2.30. The smallest absolute Gasteiger partial charge is 0.338 e. The third kappa shape index (κ3) is 3.26. The molecule has 2 aromatic rings. The van der Waals surface area contributed by atoms with Gasteiger partial charge in [-0.15, -0.1) is 0 Å². The molecule has 146 valence electrons. The number of ether oxygens (including phenoxy) is 1. The third-order valence-electron chi connectivity index (χ3n) is 4.90. The Bertz CT molecular complexity index is 1030. The Morgan fingerprint density at radius 2 is 1.96 bits per heavy atom. The lowest BCUT2D eigenvalue weighted by Crippen LogP contribution is -2.23. The van der Waals surface area contributed by atoms with Gasteiger partial charge in [0, 0.05) is 31.2 Å². The lowest BCUT2D eigenvalue weighted by atomic mass is 10.1. The number of aliphatic imine (C=N–C) groups is 1. The number of aromatic nitrogens is 1. The molecule has 1 saturated heterocycles. The number of thioether (sulfide) groups is 1. The first-order valence-corrected chi connectivity index (χ1v) is 9.63. The molecule has 6 nitrogen and oxygen atoms in total. The molecule has 0 spiro atoms. The summed E-state index contributed by atoms with van der Waals surface area (Å²) in [5.41, 5.74) is 5.28. The average Bonchev–Trinajstić information content (AvgIpc) is 3.11. The Labute approximate surface area is 168 Å². The zero-order valence-electron chi connectivity index (χ0n) is 16.9. The number of benzene rings is 1. The summed E-state index contributed by atoms with van der Waals surface area (Å²) in [4.78, 5) is 30.9. The van der Waals surface area contributed by atoms with Gasteiger partial charge in [0.1, 0.15) is 0 Å². The molecule has 0 atom stereocenters. The summed E-state index contributed by atoms with van der Waals surface area (Å²) in [6.07, 6.45) is 1.90. The van der Waals surface area contributed by atoms with Gasteiger partial charge in [-0.1, -0.05) is 6.07 Å². The predicted molar refractivity (Wildman–Crippen MR) is 113 cm³/mol. The van der Waals surface area contributed by atoms with Crippen molar-refractivity contribution in [1.29, 1.82) is 0 Å². The van der Waals surface area contributed by atoms with Gasteiger partial charge in [-0.05, 0) is 67.9 Å². The molecule has 0 saturated carbocycles. The van der Waals surface area contributed by atoms with Gasteiger partial charge in [-0.25, -0.2) is 4.79 Å². The SMILES string of the molecule is CN=C1S/C(=C/c2cc(C)n(-c3cccc(C(=O)OC)c3C)c2C)C(=O)N1C. The van der Waals surface area contributed by atoms with E-state index in [0.717, 1.165) is 28.2 Å². The van der Waals surface area contributed by atoms with Crippen LogP contribution in [-0.4, -0.2) is 47.7 Å². The summed E-state index contributed by atoms with van der Waals surface area (Å²) in [5, 5.41) is 0.687. The fourth-order valence-corrected chi connectivity index (χ4v) is 4.31. The second kappa shape index (κ2) is 7.67. The molecule has 28 heavy (non-hydrogen) atoms. The summed E-state index contributed by atoms with van der Waals surface area (Å²) in [6.45, 7) is 5.92. The van der Waals surface area contributed by atoms with Crippen LogP contribution in [0.1, 0.15) is 32.9 Å². The fourth-order valence-electron chi connectivity index (χ4n) is 3.39. The van der Waals surface area contributed by atoms with Gasteiger partial charge in [0.2, 0.25) is 0 Å². The maximum absolute atomic E-state index is 12.5. The van der Waals surface area contributed by atoms with Gasteiger partial charge in [-0.3, -0.25) is 14.7 Å². The molecule has 1 fully saturated rings. The minimum absolute atomic E-state index is 0.0562. The number of amidine groups is 1. The molecule has 1 aromatic carbocycles. The van der Waals surface area contributed by atoms with E-state index in [0.29, 0.717) is 15.6 Å². The molecule has 1 aliphatic rings. The van der Waals surface area contributed by atoms with Crippen LogP contribution in [0.3, 0.4) is 0 Å². The Morgan fingerprint density at radius 1 is 1.25 bits per heavy atom. The number of hydrogen-bond donors (Lipinski definition) is 0. The second-order valence-corrected chi connectivity index (χ2v) is 7.59. The van der Waals surface area contributed by atoms with Crippen LogP contribution in [0, 0.1) is 20.8 Å². The van der Waals surface area contributed by atoms with Crippen LogP contribution >= 0.6 is 11.8 Å². The van der Waals surface area contributed by atoms with Crippen LogP contribution in [0.15, 0.2) is 34.2 Å². The van der Waals surface area contributed by atoms with Gasteiger partial charge < -0.3 is 9.30 Å². The first-order valence-electron chi connectivity index (χ1n) is 8.81. The summed E-state index contributed by atoms with van der Waals surface area (Å²) in [6, 6.07) is 7.63. The Kier molecular flexibility index (Phi) is 5.47. The van der Waals surface area contributed by atoms with Crippen LogP contribution in [0.2, 0.25) is 0 Å². The van der Waals surface area contributed by atoms with E-state index in [1.165, 1.54) is 18.9 Å². The zero-order valence-corrected chi connectivity index (χ0v) is 17.7. The first kappa shape index (κ1) is 19.9. The van der Waals surface area contributed by atoms with Crippen molar-refractivity contribution in [3.63, 3.8) is 0 Å². The standard InChI is InChI=1S/C21H23N3O3S/c1-12-10-15(11-18-19(25)23(5)21(22-4)28-18)14(3)24(12)17-9-7-8-16(13(17)2)20(26)27-6/h7-11H,1-6H3/b18-11+,22-21?. The quantitative estimate of drug-likeness (QED) is 0.585. The van der Waals surface area contributed by atoms with E-state index < -0.39 is 0 Å². The highest BCUT2D eigenvalue weighted by Crippen LogP contribution is 2.33. The van der Waals surface area contributed by atoms with Crippen molar-refractivity contribution in [2.45, 2.75) is 20.8 Å². The van der Waals surface area contributed by atoms with Crippen molar-refractivity contribution in [3.05, 3.63) is 57.2 Å². The lowest BCUT2D eigenvalue weighted by molar-refractivity contribution is -0.121. The highest BCUT2D eigenvalue weighted by atomic mass is 32.2. The molecule has 0 radical (unpaired) electrons. The van der Waals surface area contributed by atoms with Gasteiger partial charge in [0.05, 0.1) is 17.6 Å². The Balaban J connectivity index is 2.09.